The number of nitrogens with one attached hydrogen (secondary N) is 2. The van der Waals surface area contributed by atoms with E-state index in [1.54, 1.807) is 19.8 Å². The number of aryl methyl sites for hydroxylation is 2. The Morgan fingerprint density at radius 1 is 0.900 bits per heavy atom. The normalized spacial score (nSPS) is 20.1. The quantitative estimate of drug-likeness (QED) is 0.260. The van der Waals surface area contributed by atoms with E-state index >= 15 is 0 Å². The van der Waals surface area contributed by atoms with Crippen LogP contribution in [-0.4, -0.2) is 44.8 Å². The highest BCUT2D eigenvalue weighted by Crippen LogP contribution is 2.38. The zero-order valence-electron chi connectivity index (χ0n) is 22.8. The minimum Gasteiger partial charge on any atom is -0.493 e. The van der Waals surface area contributed by atoms with E-state index in [9.17, 15) is 0 Å². The largest absolute Gasteiger partial charge is 0.493 e. The second kappa shape index (κ2) is 9.98. The van der Waals surface area contributed by atoms with Crippen LogP contribution in [0.2, 0.25) is 0 Å². The van der Waals surface area contributed by atoms with E-state index in [1.807, 2.05) is 67.1 Å². The van der Waals surface area contributed by atoms with Crippen LogP contribution < -0.4 is 24.8 Å². The molecule has 2 saturated heterocycles. The molecule has 2 bridgehead atoms. The minimum absolute atomic E-state index is 0.166. The third kappa shape index (κ3) is 4.66. The molecule has 3 aromatic carbocycles. The molecule has 40 heavy (non-hydrogen) atoms. The number of nitrogens with zero attached hydrogens (tertiary/aromatic N) is 4. The monoisotopic (exact) mass is 536 g/mol. The Labute approximate surface area is 232 Å². The fraction of sp³-hybridized carbons (Fsp3) is 0.323. The Kier molecular flexibility index (Phi) is 6.15. The molecule has 0 amide bonds. The SMILES string of the molecule is COc1cc2ncnc(Nc3ccc(Oc4ccc5c(c4)ncn5C)c(C)c3)c2cc1OC1C[C@H]2CC[C@@H](C1)N2. The van der Waals surface area contributed by atoms with Crippen LogP contribution in [0.25, 0.3) is 21.9 Å². The molecule has 2 N–H and O–H groups in total. The Bertz CT molecular complexity index is 1710. The molecular formula is C31H32N6O3. The summed E-state index contributed by atoms with van der Waals surface area (Å²) in [7, 11) is 3.65. The van der Waals surface area contributed by atoms with Crippen molar-refractivity contribution < 1.29 is 14.2 Å². The van der Waals surface area contributed by atoms with Crippen LogP contribution in [0.4, 0.5) is 11.5 Å². The number of aromatic nitrogens is 4. The molecule has 2 aliphatic heterocycles. The maximum atomic E-state index is 6.52. The number of hydrogen-bond acceptors (Lipinski definition) is 8. The smallest absolute Gasteiger partial charge is 0.162 e. The van der Waals surface area contributed by atoms with Crippen molar-refractivity contribution in [2.45, 2.75) is 50.8 Å². The van der Waals surface area contributed by atoms with Crippen molar-refractivity contribution in [1.29, 1.82) is 0 Å². The van der Waals surface area contributed by atoms with Crippen molar-refractivity contribution in [2.24, 2.45) is 7.05 Å². The van der Waals surface area contributed by atoms with Gasteiger partial charge >= 0.3 is 0 Å². The summed E-state index contributed by atoms with van der Waals surface area (Å²) in [4.78, 5) is 13.5. The predicted molar refractivity (Wildman–Crippen MR) is 155 cm³/mol. The van der Waals surface area contributed by atoms with Gasteiger partial charge in [-0.05, 0) is 74.6 Å². The van der Waals surface area contributed by atoms with Crippen molar-refractivity contribution in [3.05, 3.63) is 66.7 Å². The molecule has 9 nitrogen and oxygen atoms in total. The predicted octanol–water partition coefficient (Wildman–Crippen LogP) is 6.03. The van der Waals surface area contributed by atoms with Crippen molar-refractivity contribution in [3.63, 3.8) is 0 Å². The fourth-order valence-electron chi connectivity index (χ4n) is 5.98. The second-order valence-corrected chi connectivity index (χ2v) is 10.8. The van der Waals surface area contributed by atoms with E-state index in [2.05, 4.69) is 25.6 Å². The summed E-state index contributed by atoms with van der Waals surface area (Å²) in [6.07, 6.45) is 8.01. The van der Waals surface area contributed by atoms with E-state index in [0.29, 0.717) is 23.7 Å². The molecule has 1 unspecified atom stereocenters. The summed E-state index contributed by atoms with van der Waals surface area (Å²) >= 11 is 0. The summed E-state index contributed by atoms with van der Waals surface area (Å²) in [6.45, 7) is 2.03. The number of anilines is 2. The van der Waals surface area contributed by atoms with Crippen LogP contribution in [0.3, 0.4) is 0 Å². The number of hydrogen-bond donors (Lipinski definition) is 2. The van der Waals surface area contributed by atoms with Crippen molar-refractivity contribution in [3.8, 4) is 23.0 Å². The molecule has 2 fully saturated rings. The molecule has 3 atom stereocenters. The summed E-state index contributed by atoms with van der Waals surface area (Å²) in [5.41, 5.74) is 4.65. The van der Waals surface area contributed by atoms with Gasteiger partial charge in [-0.3, -0.25) is 0 Å². The van der Waals surface area contributed by atoms with Gasteiger partial charge in [-0.1, -0.05) is 0 Å². The van der Waals surface area contributed by atoms with Gasteiger partial charge in [0.15, 0.2) is 11.5 Å². The second-order valence-electron chi connectivity index (χ2n) is 10.8. The average molecular weight is 537 g/mol. The number of piperidine rings is 1. The summed E-state index contributed by atoms with van der Waals surface area (Å²) in [5.74, 6) is 3.65. The lowest BCUT2D eigenvalue weighted by atomic mass is 10.0. The minimum atomic E-state index is 0.166. The topological polar surface area (TPSA) is 95.4 Å². The van der Waals surface area contributed by atoms with Crippen molar-refractivity contribution >= 4 is 33.4 Å². The van der Waals surface area contributed by atoms with Crippen molar-refractivity contribution in [1.82, 2.24) is 24.8 Å². The maximum Gasteiger partial charge on any atom is 0.162 e. The number of benzene rings is 3. The fourth-order valence-corrected chi connectivity index (χ4v) is 5.98. The van der Waals surface area contributed by atoms with Crippen LogP contribution in [0.5, 0.6) is 23.0 Å². The lowest BCUT2D eigenvalue weighted by molar-refractivity contribution is 0.133. The Hall–Kier alpha value is -4.37. The molecule has 0 radical (unpaired) electrons. The standard InChI is InChI=1S/C31H32N6O3/c1-18-10-19(6-9-28(18)39-22-7-8-27-26(13-22)34-17-37(27)2)36-31-24-14-30(29(38-3)15-25(24)32-16-33-31)40-23-11-20-4-5-21(12-23)35-20/h6-10,13-17,20-21,23,35H,4-5,11-12H2,1-3H3,(H,32,33,36)/t20-,21+,23?. The third-order valence-electron chi connectivity index (χ3n) is 8.01. The molecule has 0 aliphatic carbocycles. The molecule has 204 valence electrons. The molecule has 4 heterocycles. The average Bonchev–Trinajstić information content (AvgIpc) is 3.50. The lowest BCUT2D eigenvalue weighted by Gasteiger charge is -2.30. The Morgan fingerprint density at radius 2 is 1.75 bits per heavy atom. The summed E-state index contributed by atoms with van der Waals surface area (Å²) in [5, 5.41) is 8.02. The van der Waals surface area contributed by atoms with E-state index in [1.165, 1.54) is 12.8 Å². The first-order chi connectivity index (χ1) is 19.5. The number of imidazole rings is 1. The molecule has 7 rings (SSSR count). The molecule has 2 aliphatic rings. The number of ether oxygens (including phenoxy) is 3. The number of rotatable bonds is 7. The van der Waals surface area contributed by atoms with Gasteiger partial charge in [0.25, 0.3) is 0 Å². The molecule has 0 spiro atoms. The molecule has 9 heteroatoms. The van der Waals surface area contributed by atoms with Crippen LogP contribution >= 0.6 is 0 Å². The van der Waals surface area contributed by atoms with E-state index in [0.717, 1.165) is 63.3 Å². The molecular weight excluding hydrogens is 504 g/mol. The van der Waals surface area contributed by atoms with E-state index in [-0.39, 0.29) is 6.10 Å². The molecule has 2 aromatic heterocycles. The maximum absolute atomic E-state index is 6.52. The summed E-state index contributed by atoms with van der Waals surface area (Å²) < 4.78 is 20.4. The zero-order valence-corrected chi connectivity index (χ0v) is 22.8. The van der Waals surface area contributed by atoms with Gasteiger partial charge in [0, 0.05) is 42.3 Å². The molecule has 0 saturated carbocycles. The Balaban J connectivity index is 1.13. The van der Waals surface area contributed by atoms with Crippen LogP contribution in [0.1, 0.15) is 31.2 Å². The van der Waals surface area contributed by atoms with Gasteiger partial charge in [0.05, 0.1) is 30.0 Å². The highest BCUT2D eigenvalue weighted by Gasteiger charge is 2.35. The number of fused-ring (bicyclic) bond motifs is 4. The van der Waals surface area contributed by atoms with Crippen LogP contribution in [0.15, 0.2) is 61.2 Å². The van der Waals surface area contributed by atoms with Crippen LogP contribution in [-0.2, 0) is 7.05 Å². The van der Waals surface area contributed by atoms with E-state index in [4.69, 9.17) is 14.2 Å². The van der Waals surface area contributed by atoms with Gasteiger partial charge in [-0.15, -0.1) is 0 Å². The van der Waals surface area contributed by atoms with Gasteiger partial charge in [-0.25, -0.2) is 15.0 Å². The van der Waals surface area contributed by atoms with Gasteiger partial charge < -0.3 is 29.4 Å². The zero-order chi connectivity index (χ0) is 27.2. The Morgan fingerprint density at radius 3 is 2.55 bits per heavy atom. The van der Waals surface area contributed by atoms with Crippen LogP contribution in [0, 0.1) is 6.92 Å². The lowest BCUT2D eigenvalue weighted by Crippen LogP contribution is -2.42. The molecule has 5 aromatic rings. The van der Waals surface area contributed by atoms with Crippen molar-refractivity contribution in [2.75, 3.05) is 12.4 Å². The van der Waals surface area contributed by atoms with E-state index < -0.39 is 0 Å². The highest BCUT2D eigenvalue weighted by atomic mass is 16.5. The number of methoxy groups -OCH3 is 1. The van der Waals surface area contributed by atoms with Gasteiger partial charge in [-0.2, -0.15) is 0 Å². The first kappa shape index (κ1) is 24.7. The first-order valence-corrected chi connectivity index (χ1v) is 13.7. The van der Waals surface area contributed by atoms with Gasteiger partial charge in [0.2, 0.25) is 0 Å². The van der Waals surface area contributed by atoms with Gasteiger partial charge in [0.1, 0.15) is 29.7 Å². The third-order valence-corrected chi connectivity index (χ3v) is 8.01. The summed E-state index contributed by atoms with van der Waals surface area (Å²) in [6, 6.07) is 17.0. The first-order valence-electron chi connectivity index (χ1n) is 13.7. The highest BCUT2D eigenvalue weighted by molar-refractivity contribution is 5.93.